The van der Waals surface area contributed by atoms with E-state index in [2.05, 4.69) is 29.3 Å². The zero-order valence-corrected chi connectivity index (χ0v) is 15.8. The Bertz CT molecular complexity index is 779. The van der Waals surface area contributed by atoms with Gasteiger partial charge < -0.3 is 5.32 Å². The van der Waals surface area contributed by atoms with Gasteiger partial charge in [-0.25, -0.2) is 4.39 Å². The van der Waals surface area contributed by atoms with Gasteiger partial charge in [-0.3, -0.25) is 9.69 Å². The molecule has 138 valence electrons. The van der Waals surface area contributed by atoms with Crippen LogP contribution in [-0.2, 0) is 11.3 Å². The van der Waals surface area contributed by atoms with Crippen molar-refractivity contribution in [3.8, 4) is 0 Å². The molecule has 0 spiro atoms. The number of nitrogens with one attached hydrogen (secondary N) is 1. The van der Waals surface area contributed by atoms with Crippen molar-refractivity contribution < 1.29 is 9.18 Å². The van der Waals surface area contributed by atoms with E-state index >= 15 is 0 Å². The topological polar surface area (TPSA) is 32.3 Å². The number of amides is 1. The molecule has 1 saturated heterocycles. The first-order valence-electron chi connectivity index (χ1n) is 9.28. The average Bonchev–Trinajstić information content (AvgIpc) is 2.60. The highest BCUT2D eigenvalue weighted by atomic mass is 19.1. The number of rotatable bonds is 4. The van der Waals surface area contributed by atoms with Crippen LogP contribution in [0.4, 0.5) is 10.1 Å². The number of hydrogen-bond donors (Lipinski definition) is 1. The van der Waals surface area contributed by atoms with Crippen LogP contribution in [0.2, 0.25) is 0 Å². The van der Waals surface area contributed by atoms with Crippen LogP contribution in [0, 0.1) is 32.5 Å². The van der Waals surface area contributed by atoms with E-state index in [1.807, 2.05) is 26.0 Å². The smallest absolute Gasteiger partial charge is 0.228 e. The maximum atomic E-state index is 13.9. The number of nitrogens with zero attached hydrogens (tertiary/aromatic N) is 1. The maximum Gasteiger partial charge on any atom is 0.228 e. The molecule has 1 amide bonds. The second-order valence-corrected chi connectivity index (χ2v) is 7.43. The summed E-state index contributed by atoms with van der Waals surface area (Å²) in [5, 5.41) is 3.13. The third-order valence-electron chi connectivity index (χ3n) is 5.15. The zero-order valence-electron chi connectivity index (χ0n) is 15.8. The summed E-state index contributed by atoms with van der Waals surface area (Å²) in [6, 6.07) is 11.1. The first kappa shape index (κ1) is 18.6. The van der Waals surface area contributed by atoms with E-state index in [1.165, 1.54) is 11.6 Å². The standard InChI is InChI=1S/C22H27FN2O/c1-15-11-16(2)21(17(3)12-15)24-22(26)19-8-6-10-25(14-19)13-18-7-4-5-9-20(18)23/h4-5,7,9,11-12,19H,6,8,10,13-14H2,1-3H3,(H,24,26). The quantitative estimate of drug-likeness (QED) is 0.870. The number of aryl methyl sites for hydroxylation is 3. The number of piperidine rings is 1. The Morgan fingerprint density at radius 3 is 2.58 bits per heavy atom. The van der Waals surface area contributed by atoms with Gasteiger partial charge in [-0.1, -0.05) is 35.9 Å². The molecule has 3 nitrogen and oxygen atoms in total. The van der Waals surface area contributed by atoms with Crippen LogP contribution < -0.4 is 5.32 Å². The fraction of sp³-hybridized carbons (Fsp3) is 0.409. The number of carbonyl (C=O) groups excluding carboxylic acids is 1. The molecule has 1 aliphatic heterocycles. The molecule has 0 radical (unpaired) electrons. The maximum absolute atomic E-state index is 13.9. The number of benzene rings is 2. The SMILES string of the molecule is Cc1cc(C)c(NC(=O)C2CCCN(Cc3ccccc3F)C2)c(C)c1. The first-order valence-corrected chi connectivity index (χ1v) is 9.28. The summed E-state index contributed by atoms with van der Waals surface area (Å²) in [5.41, 5.74) is 5.00. The van der Waals surface area contributed by atoms with Crippen molar-refractivity contribution >= 4 is 11.6 Å². The van der Waals surface area contributed by atoms with E-state index < -0.39 is 0 Å². The van der Waals surface area contributed by atoms with Crippen molar-refractivity contribution in [3.05, 3.63) is 64.5 Å². The van der Waals surface area contributed by atoms with Crippen molar-refractivity contribution in [1.29, 1.82) is 0 Å². The van der Waals surface area contributed by atoms with Gasteiger partial charge in [0.2, 0.25) is 5.91 Å². The Balaban J connectivity index is 1.66. The highest BCUT2D eigenvalue weighted by Crippen LogP contribution is 2.25. The Morgan fingerprint density at radius 2 is 1.88 bits per heavy atom. The summed E-state index contributed by atoms with van der Waals surface area (Å²) in [7, 11) is 0. The number of halogens is 1. The summed E-state index contributed by atoms with van der Waals surface area (Å²) in [6.07, 6.45) is 1.84. The highest BCUT2D eigenvalue weighted by molar-refractivity contribution is 5.94. The van der Waals surface area contributed by atoms with Crippen molar-refractivity contribution in [2.24, 2.45) is 5.92 Å². The molecule has 0 aromatic heterocycles. The van der Waals surface area contributed by atoms with Crippen molar-refractivity contribution in [2.75, 3.05) is 18.4 Å². The molecular weight excluding hydrogens is 327 g/mol. The van der Waals surface area contributed by atoms with Gasteiger partial charge in [0.05, 0.1) is 5.92 Å². The van der Waals surface area contributed by atoms with Crippen LogP contribution in [0.1, 0.15) is 35.1 Å². The normalized spacial score (nSPS) is 17.9. The van der Waals surface area contributed by atoms with Crippen molar-refractivity contribution in [2.45, 2.75) is 40.2 Å². The lowest BCUT2D eigenvalue weighted by Gasteiger charge is -2.32. The minimum atomic E-state index is -0.176. The number of anilines is 1. The molecule has 2 aromatic carbocycles. The lowest BCUT2D eigenvalue weighted by molar-refractivity contribution is -0.121. The summed E-state index contributed by atoms with van der Waals surface area (Å²) >= 11 is 0. The van der Waals surface area contributed by atoms with Crippen LogP contribution in [0.25, 0.3) is 0 Å². The zero-order chi connectivity index (χ0) is 18.7. The fourth-order valence-electron chi connectivity index (χ4n) is 3.88. The third-order valence-corrected chi connectivity index (χ3v) is 5.15. The largest absolute Gasteiger partial charge is 0.325 e. The number of hydrogen-bond acceptors (Lipinski definition) is 2. The van der Waals surface area contributed by atoms with E-state index in [0.717, 1.165) is 36.2 Å². The lowest BCUT2D eigenvalue weighted by atomic mass is 9.96. The molecule has 0 bridgehead atoms. The minimum absolute atomic E-state index is 0.0596. The number of carbonyl (C=O) groups is 1. The average molecular weight is 354 g/mol. The van der Waals surface area contributed by atoms with E-state index in [4.69, 9.17) is 0 Å². The predicted molar refractivity (Wildman–Crippen MR) is 104 cm³/mol. The van der Waals surface area contributed by atoms with Gasteiger partial charge in [-0.05, 0) is 57.4 Å². The number of likely N-dealkylation sites (tertiary alicyclic amines) is 1. The predicted octanol–water partition coefficient (Wildman–Crippen LogP) is 4.60. The van der Waals surface area contributed by atoms with Gasteiger partial charge in [0, 0.05) is 24.3 Å². The molecule has 1 unspecified atom stereocenters. The first-order chi connectivity index (χ1) is 12.4. The second-order valence-electron chi connectivity index (χ2n) is 7.43. The Hall–Kier alpha value is -2.20. The molecule has 1 aliphatic rings. The lowest BCUT2D eigenvalue weighted by Crippen LogP contribution is -2.40. The van der Waals surface area contributed by atoms with E-state index in [1.54, 1.807) is 6.07 Å². The fourth-order valence-corrected chi connectivity index (χ4v) is 3.88. The third kappa shape index (κ3) is 4.31. The van der Waals surface area contributed by atoms with Gasteiger partial charge in [-0.2, -0.15) is 0 Å². The van der Waals surface area contributed by atoms with Gasteiger partial charge in [0.25, 0.3) is 0 Å². The van der Waals surface area contributed by atoms with Crippen LogP contribution in [0.5, 0.6) is 0 Å². The Labute approximate surface area is 155 Å². The monoisotopic (exact) mass is 354 g/mol. The summed E-state index contributed by atoms with van der Waals surface area (Å²) in [6.45, 7) is 8.25. The van der Waals surface area contributed by atoms with Crippen LogP contribution in [0.3, 0.4) is 0 Å². The summed E-state index contributed by atoms with van der Waals surface area (Å²) in [5.74, 6) is -0.168. The molecular formula is C22H27FN2O. The van der Waals surface area contributed by atoms with Crippen LogP contribution in [-0.4, -0.2) is 23.9 Å². The minimum Gasteiger partial charge on any atom is -0.325 e. The summed E-state index contributed by atoms with van der Waals surface area (Å²) < 4.78 is 13.9. The summed E-state index contributed by atoms with van der Waals surface area (Å²) in [4.78, 5) is 15.0. The molecule has 3 rings (SSSR count). The molecule has 1 fully saturated rings. The molecule has 2 aromatic rings. The van der Waals surface area contributed by atoms with E-state index in [9.17, 15) is 9.18 Å². The van der Waals surface area contributed by atoms with E-state index in [0.29, 0.717) is 18.7 Å². The van der Waals surface area contributed by atoms with E-state index in [-0.39, 0.29) is 17.6 Å². The molecule has 4 heteroatoms. The molecule has 0 aliphatic carbocycles. The molecule has 26 heavy (non-hydrogen) atoms. The second kappa shape index (κ2) is 8.00. The van der Waals surface area contributed by atoms with Gasteiger partial charge in [0.1, 0.15) is 5.82 Å². The molecule has 1 N–H and O–H groups in total. The molecule has 1 atom stereocenters. The molecule has 1 heterocycles. The van der Waals surface area contributed by atoms with Gasteiger partial charge in [0.15, 0.2) is 0 Å². The van der Waals surface area contributed by atoms with Crippen LogP contribution in [0.15, 0.2) is 36.4 Å². The highest BCUT2D eigenvalue weighted by Gasteiger charge is 2.26. The van der Waals surface area contributed by atoms with Gasteiger partial charge >= 0.3 is 0 Å². The van der Waals surface area contributed by atoms with Gasteiger partial charge in [-0.15, -0.1) is 0 Å². The molecule has 0 saturated carbocycles. The van der Waals surface area contributed by atoms with Crippen molar-refractivity contribution in [3.63, 3.8) is 0 Å². The van der Waals surface area contributed by atoms with Crippen molar-refractivity contribution in [1.82, 2.24) is 4.90 Å². The van der Waals surface area contributed by atoms with Crippen LogP contribution >= 0.6 is 0 Å². The Morgan fingerprint density at radius 1 is 1.19 bits per heavy atom. The Kier molecular flexibility index (Phi) is 5.72.